The Hall–Kier alpha value is -0.660. The molecule has 0 fully saturated rings. The summed E-state index contributed by atoms with van der Waals surface area (Å²) in [6.07, 6.45) is 28.5. The second kappa shape index (κ2) is 22.6. The van der Waals surface area contributed by atoms with E-state index in [9.17, 15) is 9.59 Å². The Morgan fingerprint density at radius 2 is 0.464 bits per heavy atom. The Morgan fingerprint density at radius 3 is 0.607 bits per heavy atom. The second-order valence-electron chi connectivity index (χ2n) is 8.98. The molecule has 0 N–H and O–H groups in total. The third-order valence-corrected chi connectivity index (χ3v) is 5.81. The molecule has 0 aliphatic rings. The molecular formula is C26H50O2. The maximum absolute atomic E-state index is 10.9. The van der Waals surface area contributed by atoms with Crippen LogP contribution in [-0.2, 0) is 9.59 Å². The topological polar surface area (TPSA) is 34.1 Å². The van der Waals surface area contributed by atoms with E-state index in [0.717, 1.165) is 25.7 Å². The molecule has 0 saturated carbocycles. The Bertz CT molecular complexity index is 314. The van der Waals surface area contributed by atoms with Crippen molar-refractivity contribution in [1.82, 2.24) is 0 Å². The summed E-state index contributed by atoms with van der Waals surface area (Å²) in [4.78, 5) is 21.7. The molecule has 0 spiro atoms. The van der Waals surface area contributed by atoms with Crippen molar-refractivity contribution in [2.45, 2.75) is 155 Å². The number of carbonyl (C=O) groups is 2. The van der Waals surface area contributed by atoms with Crippen LogP contribution in [0.15, 0.2) is 0 Å². The molecule has 28 heavy (non-hydrogen) atoms. The lowest BCUT2D eigenvalue weighted by Crippen LogP contribution is -1.89. The monoisotopic (exact) mass is 394 g/mol. The van der Waals surface area contributed by atoms with Gasteiger partial charge in [-0.05, 0) is 26.7 Å². The molecule has 166 valence electrons. The smallest absolute Gasteiger partial charge is 0.129 e. The largest absolute Gasteiger partial charge is 0.300 e. The van der Waals surface area contributed by atoms with Gasteiger partial charge in [0, 0.05) is 12.8 Å². The third-order valence-electron chi connectivity index (χ3n) is 5.81. The molecule has 0 unspecified atom stereocenters. The summed E-state index contributed by atoms with van der Waals surface area (Å²) in [5, 5.41) is 0. The van der Waals surface area contributed by atoms with Gasteiger partial charge < -0.3 is 9.59 Å². The summed E-state index contributed by atoms with van der Waals surface area (Å²) in [6.45, 7) is 3.40. The number of unbranched alkanes of at least 4 members (excludes halogenated alkanes) is 19. The maximum Gasteiger partial charge on any atom is 0.129 e. The number of hydrogen-bond acceptors (Lipinski definition) is 2. The van der Waals surface area contributed by atoms with Gasteiger partial charge in [0.1, 0.15) is 11.6 Å². The van der Waals surface area contributed by atoms with Crippen LogP contribution in [0.1, 0.15) is 155 Å². The lowest BCUT2D eigenvalue weighted by Gasteiger charge is -2.04. The number of Topliss-reactive ketones (excluding diaryl/α,β-unsaturated/α-hetero) is 2. The quantitative estimate of drug-likeness (QED) is 0.162. The van der Waals surface area contributed by atoms with Gasteiger partial charge in [0.05, 0.1) is 0 Å². The molecular weight excluding hydrogens is 344 g/mol. The van der Waals surface area contributed by atoms with E-state index < -0.39 is 0 Å². The van der Waals surface area contributed by atoms with Crippen LogP contribution in [0, 0.1) is 0 Å². The van der Waals surface area contributed by atoms with Gasteiger partial charge in [0.25, 0.3) is 0 Å². The predicted molar refractivity (Wildman–Crippen MR) is 123 cm³/mol. The molecule has 0 heterocycles. The molecule has 0 radical (unpaired) electrons. The number of rotatable bonds is 23. The van der Waals surface area contributed by atoms with Crippen molar-refractivity contribution in [1.29, 1.82) is 0 Å². The second-order valence-corrected chi connectivity index (χ2v) is 8.98. The highest BCUT2D eigenvalue weighted by molar-refractivity contribution is 5.75. The van der Waals surface area contributed by atoms with Crippen LogP contribution in [0.4, 0.5) is 0 Å². The van der Waals surface area contributed by atoms with Gasteiger partial charge >= 0.3 is 0 Å². The lowest BCUT2D eigenvalue weighted by atomic mass is 10.0. The minimum Gasteiger partial charge on any atom is -0.300 e. The highest BCUT2D eigenvalue weighted by atomic mass is 16.1. The van der Waals surface area contributed by atoms with Crippen LogP contribution in [0.5, 0.6) is 0 Å². The van der Waals surface area contributed by atoms with Crippen LogP contribution < -0.4 is 0 Å². The molecule has 0 bridgehead atoms. The average Bonchev–Trinajstić information content (AvgIpc) is 2.65. The van der Waals surface area contributed by atoms with E-state index >= 15 is 0 Å². The van der Waals surface area contributed by atoms with Crippen LogP contribution in [-0.4, -0.2) is 11.6 Å². The Morgan fingerprint density at radius 1 is 0.321 bits per heavy atom. The van der Waals surface area contributed by atoms with E-state index in [1.165, 1.54) is 116 Å². The Labute approximate surface area is 176 Å². The first kappa shape index (κ1) is 27.3. The molecule has 0 rings (SSSR count). The molecule has 0 aromatic heterocycles. The standard InChI is InChI=1S/C26H50O2/c1-25(27)23-21-19-17-15-13-11-9-7-5-3-4-6-8-10-12-14-16-18-20-22-24-26(2)28/h3-24H2,1-2H3. The van der Waals surface area contributed by atoms with Crippen LogP contribution in [0.2, 0.25) is 0 Å². The fourth-order valence-electron chi connectivity index (χ4n) is 3.93. The van der Waals surface area contributed by atoms with E-state index in [-0.39, 0.29) is 0 Å². The zero-order chi connectivity index (χ0) is 20.7. The summed E-state index contributed by atoms with van der Waals surface area (Å²) in [6, 6.07) is 0. The van der Waals surface area contributed by atoms with Gasteiger partial charge in [-0.3, -0.25) is 0 Å². The van der Waals surface area contributed by atoms with Crippen molar-refractivity contribution in [3.8, 4) is 0 Å². The molecule has 0 amide bonds. The summed E-state index contributed by atoms with van der Waals surface area (Å²) < 4.78 is 0. The SMILES string of the molecule is CC(=O)CCCCCCCCCCCCCCCCCCCCCCC(C)=O. The molecule has 0 atom stereocenters. The van der Waals surface area contributed by atoms with E-state index in [4.69, 9.17) is 0 Å². The average molecular weight is 395 g/mol. The van der Waals surface area contributed by atoms with Gasteiger partial charge in [0.2, 0.25) is 0 Å². The third kappa shape index (κ3) is 25.3. The summed E-state index contributed by atoms with van der Waals surface area (Å²) in [5.41, 5.74) is 0. The summed E-state index contributed by atoms with van der Waals surface area (Å²) >= 11 is 0. The molecule has 0 aliphatic heterocycles. The van der Waals surface area contributed by atoms with Gasteiger partial charge in [-0.1, -0.05) is 116 Å². The molecule has 2 heteroatoms. The normalized spacial score (nSPS) is 11.1. The zero-order valence-electron chi connectivity index (χ0n) is 19.4. The number of carbonyl (C=O) groups excluding carboxylic acids is 2. The summed E-state index contributed by atoms with van der Waals surface area (Å²) in [7, 11) is 0. The van der Waals surface area contributed by atoms with Gasteiger partial charge in [-0.2, -0.15) is 0 Å². The highest BCUT2D eigenvalue weighted by Crippen LogP contribution is 2.15. The van der Waals surface area contributed by atoms with Crippen LogP contribution in [0.3, 0.4) is 0 Å². The maximum atomic E-state index is 10.9. The van der Waals surface area contributed by atoms with Crippen molar-refractivity contribution in [2.24, 2.45) is 0 Å². The van der Waals surface area contributed by atoms with E-state index in [1.54, 1.807) is 13.8 Å². The fourth-order valence-corrected chi connectivity index (χ4v) is 3.93. The number of ketones is 2. The predicted octanol–water partition coefficient (Wildman–Crippen LogP) is 8.75. The fraction of sp³-hybridized carbons (Fsp3) is 0.923. The van der Waals surface area contributed by atoms with Gasteiger partial charge in [0.15, 0.2) is 0 Å². The first-order valence-electron chi connectivity index (χ1n) is 12.6. The molecule has 0 aromatic rings. The minimum absolute atomic E-state index is 0.341. The van der Waals surface area contributed by atoms with Crippen LogP contribution >= 0.6 is 0 Å². The van der Waals surface area contributed by atoms with E-state index in [2.05, 4.69) is 0 Å². The van der Waals surface area contributed by atoms with Crippen molar-refractivity contribution in [3.63, 3.8) is 0 Å². The Balaban J connectivity index is 3.01. The first-order valence-corrected chi connectivity index (χ1v) is 12.6. The van der Waals surface area contributed by atoms with Crippen molar-refractivity contribution in [2.75, 3.05) is 0 Å². The van der Waals surface area contributed by atoms with Crippen molar-refractivity contribution < 1.29 is 9.59 Å². The molecule has 0 saturated heterocycles. The van der Waals surface area contributed by atoms with E-state index in [1.807, 2.05) is 0 Å². The highest BCUT2D eigenvalue weighted by Gasteiger charge is 1.97. The van der Waals surface area contributed by atoms with Gasteiger partial charge in [-0.15, -0.1) is 0 Å². The summed E-state index contributed by atoms with van der Waals surface area (Å²) in [5.74, 6) is 0.683. The molecule has 2 nitrogen and oxygen atoms in total. The van der Waals surface area contributed by atoms with E-state index in [0.29, 0.717) is 11.6 Å². The zero-order valence-corrected chi connectivity index (χ0v) is 19.4. The van der Waals surface area contributed by atoms with Crippen molar-refractivity contribution in [3.05, 3.63) is 0 Å². The van der Waals surface area contributed by atoms with Gasteiger partial charge in [-0.25, -0.2) is 0 Å². The van der Waals surface area contributed by atoms with Crippen LogP contribution in [0.25, 0.3) is 0 Å². The number of hydrogen-bond donors (Lipinski definition) is 0. The minimum atomic E-state index is 0.341. The lowest BCUT2D eigenvalue weighted by molar-refractivity contribution is -0.117. The first-order chi connectivity index (χ1) is 13.6. The molecule has 0 aliphatic carbocycles. The van der Waals surface area contributed by atoms with Crippen molar-refractivity contribution >= 4 is 11.6 Å². The molecule has 0 aromatic carbocycles. The Kier molecular flexibility index (Phi) is 22.1.